The third kappa shape index (κ3) is 3.12. The number of amides is 1. The minimum atomic E-state index is -5.16. The van der Waals surface area contributed by atoms with Crippen molar-refractivity contribution in [2.24, 2.45) is 7.05 Å². The molecule has 4 rings (SSSR count). The van der Waals surface area contributed by atoms with Crippen molar-refractivity contribution in [1.29, 1.82) is 0 Å². The maximum Gasteiger partial charge on any atom is 0.419 e. The zero-order chi connectivity index (χ0) is 21.8. The first-order chi connectivity index (χ1) is 14.1. The summed E-state index contributed by atoms with van der Waals surface area (Å²) in [5.74, 6) is -5.48. The van der Waals surface area contributed by atoms with Gasteiger partial charge in [-0.1, -0.05) is 0 Å². The summed E-state index contributed by atoms with van der Waals surface area (Å²) >= 11 is 0. The highest BCUT2D eigenvalue weighted by Crippen LogP contribution is 2.41. The molecule has 0 unspecified atom stereocenters. The molecule has 12 heteroatoms. The van der Waals surface area contributed by atoms with Gasteiger partial charge < -0.3 is 9.84 Å². The fourth-order valence-corrected chi connectivity index (χ4v) is 3.25. The number of anilines is 1. The number of ether oxygens (including phenoxy) is 1. The van der Waals surface area contributed by atoms with Crippen LogP contribution in [-0.4, -0.2) is 45.5 Å². The van der Waals surface area contributed by atoms with Gasteiger partial charge in [0, 0.05) is 30.3 Å². The van der Waals surface area contributed by atoms with E-state index in [-0.39, 0.29) is 42.0 Å². The van der Waals surface area contributed by atoms with E-state index in [1.54, 1.807) is 0 Å². The van der Waals surface area contributed by atoms with Gasteiger partial charge in [0.05, 0.1) is 24.2 Å². The molecule has 0 spiro atoms. The summed E-state index contributed by atoms with van der Waals surface area (Å²) in [6, 6.07) is 1.73. The Hall–Kier alpha value is -3.28. The molecule has 0 saturated carbocycles. The lowest BCUT2D eigenvalue weighted by atomic mass is 10.0. The van der Waals surface area contributed by atoms with Gasteiger partial charge in [0.1, 0.15) is 18.1 Å². The number of nitrogens with zero attached hydrogens (tertiary/aromatic N) is 4. The standard InChI is InChI=1S/C18H13F5N4O3/c1-26-11-5-12(27-2-3-30-7-13(27)28)24-6-9(11)16(25-26)8-4-10(18(21,22)23)15(20)17(29)14(8)19/h4-6,29H,2-3,7H2,1H3. The molecule has 1 N–H and O–H groups in total. The van der Waals surface area contributed by atoms with Crippen molar-refractivity contribution in [3.05, 3.63) is 35.5 Å². The van der Waals surface area contributed by atoms with E-state index in [9.17, 15) is 31.9 Å². The monoisotopic (exact) mass is 428 g/mol. The van der Waals surface area contributed by atoms with Crippen LogP contribution in [0.4, 0.5) is 27.8 Å². The predicted octanol–water partition coefficient (Wildman–Crippen LogP) is 3.00. The van der Waals surface area contributed by atoms with Crippen molar-refractivity contribution in [3.63, 3.8) is 0 Å². The molecule has 3 aromatic rings. The van der Waals surface area contributed by atoms with E-state index in [4.69, 9.17) is 4.74 Å². The van der Waals surface area contributed by atoms with Gasteiger partial charge in [-0.05, 0) is 6.07 Å². The summed E-state index contributed by atoms with van der Waals surface area (Å²) < 4.78 is 73.9. The molecule has 30 heavy (non-hydrogen) atoms. The van der Waals surface area contributed by atoms with Gasteiger partial charge in [-0.25, -0.2) is 13.8 Å². The molecule has 0 atom stereocenters. The molecule has 1 fully saturated rings. The molecule has 1 amide bonds. The van der Waals surface area contributed by atoms with Crippen molar-refractivity contribution in [3.8, 4) is 17.0 Å². The Balaban J connectivity index is 1.89. The van der Waals surface area contributed by atoms with Crippen molar-refractivity contribution in [2.45, 2.75) is 6.18 Å². The second-order valence-corrected chi connectivity index (χ2v) is 6.58. The highest BCUT2D eigenvalue weighted by Gasteiger charge is 2.38. The molecule has 0 bridgehead atoms. The number of aryl methyl sites for hydroxylation is 1. The number of rotatable bonds is 2. The van der Waals surface area contributed by atoms with E-state index >= 15 is 0 Å². The third-order valence-electron chi connectivity index (χ3n) is 4.72. The Labute approximate surface area is 165 Å². The van der Waals surface area contributed by atoms with Gasteiger partial charge in [0.15, 0.2) is 17.4 Å². The van der Waals surface area contributed by atoms with Crippen molar-refractivity contribution in [2.75, 3.05) is 24.7 Å². The van der Waals surface area contributed by atoms with Crippen LogP contribution >= 0.6 is 0 Å². The third-order valence-corrected chi connectivity index (χ3v) is 4.72. The number of pyridine rings is 1. The van der Waals surface area contributed by atoms with E-state index in [0.717, 1.165) is 0 Å². The first-order valence-electron chi connectivity index (χ1n) is 8.59. The molecule has 7 nitrogen and oxygen atoms in total. The Kier molecular flexibility index (Phi) is 4.60. The number of halogens is 5. The topological polar surface area (TPSA) is 80.5 Å². The number of aromatic hydroxyl groups is 1. The van der Waals surface area contributed by atoms with E-state index < -0.39 is 34.7 Å². The molecule has 1 aromatic carbocycles. The van der Waals surface area contributed by atoms with Gasteiger partial charge in [0.2, 0.25) is 0 Å². The van der Waals surface area contributed by atoms with E-state index in [1.165, 1.54) is 28.9 Å². The minimum absolute atomic E-state index is 0.114. The number of carbonyl (C=O) groups excluding carboxylic acids is 1. The van der Waals surface area contributed by atoms with Crippen LogP contribution < -0.4 is 4.90 Å². The molecular formula is C18H13F5N4O3. The van der Waals surface area contributed by atoms with Crippen molar-refractivity contribution in [1.82, 2.24) is 14.8 Å². The van der Waals surface area contributed by atoms with Crippen LogP contribution in [0.15, 0.2) is 18.3 Å². The highest BCUT2D eigenvalue weighted by molar-refractivity contribution is 5.98. The average Bonchev–Trinajstić information content (AvgIpc) is 3.01. The molecule has 1 aliphatic rings. The van der Waals surface area contributed by atoms with E-state index in [0.29, 0.717) is 12.1 Å². The summed E-state index contributed by atoms with van der Waals surface area (Å²) in [5, 5.41) is 13.7. The van der Waals surface area contributed by atoms with Gasteiger partial charge in [-0.15, -0.1) is 0 Å². The van der Waals surface area contributed by atoms with Gasteiger partial charge in [-0.2, -0.15) is 18.3 Å². The van der Waals surface area contributed by atoms with E-state index in [1.807, 2.05) is 0 Å². The minimum Gasteiger partial charge on any atom is -0.503 e. The Morgan fingerprint density at radius 3 is 2.60 bits per heavy atom. The van der Waals surface area contributed by atoms with Gasteiger partial charge >= 0.3 is 6.18 Å². The zero-order valence-electron chi connectivity index (χ0n) is 15.3. The number of benzene rings is 1. The predicted molar refractivity (Wildman–Crippen MR) is 93.7 cm³/mol. The van der Waals surface area contributed by atoms with Crippen LogP contribution in [0.25, 0.3) is 22.2 Å². The van der Waals surface area contributed by atoms with Crippen LogP contribution in [0.2, 0.25) is 0 Å². The molecule has 0 aliphatic carbocycles. The molecule has 0 radical (unpaired) electrons. The average molecular weight is 428 g/mol. The van der Waals surface area contributed by atoms with Crippen LogP contribution in [0.1, 0.15) is 5.56 Å². The second-order valence-electron chi connectivity index (χ2n) is 6.58. The van der Waals surface area contributed by atoms with E-state index in [2.05, 4.69) is 10.1 Å². The number of hydrogen-bond acceptors (Lipinski definition) is 5. The second kappa shape index (κ2) is 6.90. The number of morpholine rings is 1. The van der Waals surface area contributed by atoms with Crippen LogP contribution in [0, 0.1) is 11.6 Å². The lowest BCUT2D eigenvalue weighted by Crippen LogP contribution is -2.42. The number of aromatic nitrogens is 3. The highest BCUT2D eigenvalue weighted by atomic mass is 19.4. The largest absolute Gasteiger partial charge is 0.503 e. The summed E-state index contributed by atoms with van der Waals surface area (Å²) in [7, 11) is 1.46. The first kappa shape index (κ1) is 20.0. The maximum absolute atomic E-state index is 14.5. The van der Waals surface area contributed by atoms with Crippen LogP contribution in [0.3, 0.4) is 0 Å². The lowest BCUT2D eigenvalue weighted by Gasteiger charge is -2.25. The SMILES string of the molecule is Cn1nc(-c2cc(C(F)(F)F)c(F)c(O)c2F)c2cnc(N3CCOCC3=O)cc21. The fraction of sp³-hybridized carbons (Fsp3) is 0.278. The van der Waals surface area contributed by atoms with Crippen molar-refractivity contribution < 1.29 is 36.6 Å². The van der Waals surface area contributed by atoms with Crippen molar-refractivity contribution >= 4 is 22.6 Å². The summed E-state index contributed by atoms with van der Waals surface area (Å²) in [4.78, 5) is 17.5. The number of hydrogen-bond donors (Lipinski definition) is 1. The number of alkyl halides is 3. The number of carbonyl (C=O) groups is 1. The van der Waals surface area contributed by atoms with Crippen LogP contribution in [-0.2, 0) is 22.8 Å². The smallest absolute Gasteiger partial charge is 0.419 e. The number of phenols is 1. The lowest BCUT2D eigenvalue weighted by molar-refractivity contribution is -0.140. The molecule has 1 aliphatic heterocycles. The molecular weight excluding hydrogens is 415 g/mol. The Morgan fingerprint density at radius 2 is 1.93 bits per heavy atom. The normalized spacial score (nSPS) is 15.3. The van der Waals surface area contributed by atoms with Gasteiger partial charge in [0.25, 0.3) is 5.91 Å². The fourth-order valence-electron chi connectivity index (χ4n) is 3.25. The quantitative estimate of drug-likeness (QED) is 0.635. The Bertz CT molecular complexity index is 1180. The summed E-state index contributed by atoms with van der Waals surface area (Å²) in [6.07, 6.45) is -3.93. The number of fused-ring (bicyclic) bond motifs is 1. The molecule has 158 valence electrons. The zero-order valence-corrected chi connectivity index (χ0v) is 15.3. The summed E-state index contributed by atoms with van der Waals surface area (Å²) in [5.41, 5.74) is -2.48. The Morgan fingerprint density at radius 1 is 1.20 bits per heavy atom. The molecule has 3 heterocycles. The maximum atomic E-state index is 14.5. The summed E-state index contributed by atoms with van der Waals surface area (Å²) in [6.45, 7) is 0.455. The first-order valence-corrected chi connectivity index (χ1v) is 8.59. The van der Waals surface area contributed by atoms with Gasteiger partial charge in [-0.3, -0.25) is 14.4 Å². The molecule has 2 aromatic heterocycles. The molecule has 1 saturated heterocycles. The van der Waals surface area contributed by atoms with Crippen LogP contribution in [0.5, 0.6) is 5.75 Å². The number of phenolic OH excluding ortho intramolecular Hbond substituents is 1.